The molecule has 29 heavy (non-hydrogen) atoms. The molecule has 0 bridgehead atoms. The van der Waals surface area contributed by atoms with Crippen LogP contribution in [0.5, 0.6) is 5.75 Å². The normalized spacial score (nSPS) is 14.1. The summed E-state index contributed by atoms with van der Waals surface area (Å²) >= 11 is 6.47. The topological polar surface area (TPSA) is 63.7 Å². The zero-order valence-electron chi connectivity index (χ0n) is 16.4. The lowest BCUT2D eigenvalue weighted by atomic mass is 10.1. The van der Waals surface area contributed by atoms with E-state index in [1.54, 1.807) is 7.11 Å². The van der Waals surface area contributed by atoms with Crippen molar-refractivity contribution in [3.05, 3.63) is 58.7 Å². The van der Waals surface area contributed by atoms with E-state index in [0.29, 0.717) is 40.9 Å². The summed E-state index contributed by atoms with van der Waals surface area (Å²) in [5.74, 6) is 0.457. The van der Waals surface area contributed by atoms with E-state index in [0.717, 1.165) is 29.7 Å². The van der Waals surface area contributed by atoms with Crippen LogP contribution in [0.4, 0.5) is 11.4 Å². The Morgan fingerprint density at radius 1 is 1.21 bits per heavy atom. The maximum Gasteiger partial charge on any atom is 0.257 e. The van der Waals surface area contributed by atoms with Crippen molar-refractivity contribution in [2.24, 2.45) is 0 Å². The number of nitrogens with zero attached hydrogens (tertiary/aromatic N) is 2. The Kier molecular flexibility index (Phi) is 5.56. The Labute approximate surface area is 174 Å². The van der Waals surface area contributed by atoms with Gasteiger partial charge in [0.05, 0.1) is 48.0 Å². The molecule has 150 valence electrons. The van der Waals surface area contributed by atoms with Crippen molar-refractivity contribution in [3.63, 3.8) is 0 Å². The number of morpholine rings is 1. The van der Waals surface area contributed by atoms with E-state index in [1.165, 1.54) is 0 Å². The molecule has 1 fully saturated rings. The number of fused-ring (bicyclic) bond motifs is 1. The molecule has 7 heteroatoms. The summed E-state index contributed by atoms with van der Waals surface area (Å²) in [6.07, 6.45) is 0. The predicted molar refractivity (Wildman–Crippen MR) is 115 cm³/mol. The molecule has 2 aromatic carbocycles. The third kappa shape index (κ3) is 3.86. The van der Waals surface area contributed by atoms with E-state index in [9.17, 15) is 4.79 Å². The number of aromatic nitrogens is 1. The van der Waals surface area contributed by atoms with Crippen LogP contribution in [0, 0.1) is 6.92 Å². The summed E-state index contributed by atoms with van der Waals surface area (Å²) in [7, 11) is 1.61. The third-order valence-corrected chi connectivity index (χ3v) is 5.33. The first kappa shape index (κ1) is 19.5. The summed E-state index contributed by atoms with van der Waals surface area (Å²) in [5.41, 5.74) is 3.38. The number of ether oxygens (including phenoxy) is 2. The van der Waals surface area contributed by atoms with Crippen LogP contribution in [0.2, 0.25) is 5.02 Å². The molecular formula is C22H22ClN3O3. The van der Waals surface area contributed by atoms with Crippen molar-refractivity contribution in [3.8, 4) is 5.75 Å². The summed E-state index contributed by atoms with van der Waals surface area (Å²) in [6.45, 7) is 4.54. The van der Waals surface area contributed by atoms with E-state index in [4.69, 9.17) is 21.1 Å². The molecule has 0 saturated carbocycles. The van der Waals surface area contributed by atoms with Gasteiger partial charge in [0.1, 0.15) is 11.3 Å². The lowest BCUT2D eigenvalue weighted by molar-refractivity contribution is 0.102. The van der Waals surface area contributed by atoms with Crippen LogP contribution in [0.15, 0.2) is 42.5 Å². The van der Waals surface area contributed by atoms with Crippen molar-refractivity contribution in [2.75, 3.05) is 43.6 Å². The molecule has 1 aromatic heterocycles. The highest BCUT2D eigenvalue weighted by atomic mass is 35.5. The van der Waals surface area contributed by atoms with Crippen LogP contribution in [-0.2, 0) is 4.74 Å². The largest absolute Gasteiger partial charge is 0.494 e. The van der Waals surface area contributed by atoms with Crippen LogP contribution < -0.4 is 15.0 Å². The number of pyridine rings is 1. The van der Waals surface area contributed by atoms with Gasteiger partial charge in [-0.3, -0.25) is 4.79 Å². The molecule has 1 amide bonds. The summed E-state index contributed by atoms with van der Waals surface area (Å²) in [5, 5.41) is 4.47. The van der Waals surface area contributed by atoms with Crippen molar-refractivity contribution in [1.29, 1.82) is 0 Å². The first-order chi connectivity index (χ1) is 14.1. The second-order valence-corrected chi connectivity index (χ2v) is 7.25. The molecule has 0 atom stereocenters. The highest BCUT2D eigenvalue weighted by Crippen LogP contribution is 2.35. The monoisotopic (exact) mass is 411 g/mol. The van der Waals surface area contributed by atoms with Gasteiger partial charge in [0.2, 0.25) is 0 Å². The van der Waals surface area contributed by atoms with Gasteiger partial charge in [0.15, 0.2) is 0 Å². The Bertz CT molecular complexity index is 1060. The zero-order chi connectivity index (χ0) is 20.4. The first-order valence-electron chi connectivity index (χ1n) is 9.45. The van der Waals surface area contributed by atoms with Crippen molar-refractivity contribution in [1.82, 2.24) is 4.98 Å². The second-order valence-electron chi connectivity index (χ2n) is 6.84. The molecule has 1 N–H and O–H groups in total. The maximum atomic E-state index is 13.1. The van der Waals surface area contributed by atoms with Crippen molar-refractivity contribution < 1.29 is 14.3 Å². The Morgan fingerprint density at radius 2 is 1.97 bits per heavy atom. The molecule has 0 unspecified atom stereocenters. The fourth-order valence-corrected chi connectivity index (χ4v) is 3.87. The highest BCUT2D eigenvalue weighted by molar-refractivity contribution is 6.34. The number of hydrogen-bond donors (Lipinski definition) is 1. The van der Waals surface area contributed by atoms with Crippen LogP contribution in [0.3, 0.4) is 0 Å². The number of anilines is 2. The van der Waals surface area contributed by atoms with Gasteiger partial charge in [-0.15, -0.1) is 0 Å². The van der Waals surface area contributed by atoms with Crippen LogP contribution in [0.25, 0.3) is 10.9 Å². The van der Waals surface area contributed by atoms with Gasteiger partial charge in [0, 0.05) is 18.5 Å². The lowest BCUT2D eigenvalue weighted by Gasteiger charge is -2.31. The van der Waals surface area contributed by atoms with Gasteiger partial charge in [-0.05, 0) is 31.2 Å². The van der Waals surface area contributed by atoms with Gasteiger partial charge in [-0.1, -0.05) is 29.8 Å². The minimum atomic E-state index is -0.225. The number of benzene rings is 2. The van der Waals surface area contributed by atoms with Crippen molar-refractivity contribution >= 4 is 39.8 Å². The number of aryl methyl sites for hydroxylation is 1. The van der Waals surface area contributed by atoms with Crippen LogP contribution in [0.1, 0.15) is 16.1 Å². The minimum absolute atomic E-state index is 0.225. The van der Waals surface area contributed by atoms with Crippen LogP contribution in [-0.4, -0.2) is 44.3 Å². The van der Waals surface area contributed by atoms with Crippen molar-refractivity contribution in [2.45, 2.75) is 6.92 Å². The van der Waals surface area contributed by atoms with Gasteiger partial charge < -0.3 is 19.7 Å². The van der Waals surface area contributed by atoms with Gasteiger partial charge in [-0.25, -0.2) is 4.98 Å². The number of para-hydroxylation sites is 2. The Morgan fingerprint density at radius 3 is 2.72 bits per heavy atom. The van der Waals surface area contributed by atoms with E-state index in [2.05, 4.69) is 15.2 Å². The predicted octanol–water partition coefficient (Wildman–Crippen LogP) is 4.29. The Hall–Kier alpha value is -2.83. The average molecular weight is 412 g/mol. The number of methoxy groups -OCH3 is 1. The Balaban J connectivity index is 1.68. The first-order valence-corrected chi connectivity index (χ1v) is 9.83. The highest BCUT2D eigenvalue weighted by Gasteiger charge is 2.20. The molecule has 4 rings (SSSR count). The standard InChI is InChI=1S/C22H22ClN3O3/c1-14-16(13-15-5-3-8-19(28-2)20(15)24-14)22(27)25-18-7-4-6-17(23)21(18)26-9-11-29-12-10-26/h3-8,13H,9-12H2,1-2H3,(H,25,27). The zero-order valence-corrected chi connectivity index (χ0v) is 17.1. The smallest absolute Gasteiger partial charge is 0.257 e. The number of rotatable bonds is 4. The van der Waals surface area contributed by atoms with Gasteiger partial charge in [0.25, 0.3) is 5.91 Å². The van der Waals surface area contributed by atoms with E-state index in [1.807, 2.05) is 49.4 Å². The molecule has 0 radical (unpaired) electrons. The number of hydrogen-bond acceptors (Lipinski definition) is 5. The minimum Gasteiger partial charge on any atom is -0.494 e. The fourth-order valence-electron chi connectivity index (χ4n) is 3.57. The van der Waals surface area contributed by atoms with E-state index >= 15 is 0 Å². The molecular weight excluding hydrogens is 390 g/mol. The SMILES string of the molecule is COc1cccc2cc(C(=O)Nc3cccc(Cl)c3N3CCOCC3)c(C)nc12. The fraction of sp³-hybridized carbons (Fsp3) is 0.273. The summed E-state index contributed by atoms with van der Waals surface area (Å²) < 4.78 is 10.8. The molecule has 2 heterocycles. The molecule has 0 aliphatic carbocycles. The second kappa shape index (κ2) is 8.27. The lowest BCUT2D eigenvalue weighted by Crippen LogP contribution is -2.37. The summed E-state index contributed by atoms with van der Waals surface area (Å²) in [4.78, 5) is 19.8. The number of amides is 1. The molecule has 1 aliphatic heterocycles. The van der Waals surface area contributed by atoms with Crippen LogP contribution >= 0.6 is 11.6 Å². The van der Waals surface area contributed by atoms with Gasteiger partial charge >= 0.3 is 0 Å². The molecule has 1 aliphatic rings. The number of carbonyl (C=O) groups is 1. The number of nitrogens with one attached hydrogen (secondary N) is 1. The molecule has 6 nitrogen and oxygen atoms in total. The molecule has 3 aromatic rings. The molecule has 1 saturated heterocycles. The van der Waals surface area contributed by atoms with E-state index in [-0.39, 0.29) is 5.91 Å². The average Bonchev–Trinajstić information content (AvgIpc) is 2.73. The van der Waals surface area contributed by atoms with Gasteiger partial charge in [-0.2, -0.15) is 0 Å². The number of carbonyl (C=O) groups excluding carboxylic acids is 1. The number of halogens is 1. The third-order valence-electron chi connectivity index (χ3n) is 5.03. The summed E-state index contributed by atoms with van der Waals surface area (Å²) in [6, 6.07) is 13.0. The maximum absolute atomic E-state index is 13.1. The van der Waals surface area contributed by atoms with E-state index < -0.39 is 0 Å². The molecule has 0 spiro atoms. The quantitative estimate of drug-likeness (QED) is 0.693.